The lowest BCUT2D eigenvalue weighted by Gasteiger charge is -2.03. The standard InChI is InChI=1S/C8H6ClNO5/c1-15-8(12)4-2-5(9)6(10(13)14)3-7(4)11/h2-3,11H,1H3. The Balaban J connectivity index is 3.31. The molecular weight excluding hydrogens is 226 g/mol. The Labute approximate surface area is 89.2 Å². The number of hydrogen-bond acceptors (Lipinski definition) is 5. The first kappa shape index (κ1) is 11.3. The molecule has 0 atom stereocenters. The van der Waals surface area contributed by atoms with Crippen molar-refractivity contribution in [3.05, 3.63) is 32.8 Å². The number of halogens is 1. The van der Waals surface area contributed by atoms with Crippen molar-refractivity contribution < 1.29 is 19.6 Å². The van der Waals surface area contributed by atoms with Crippen molar-refractivity contribution in [2.75, 3.05) is 7.11 Å². The maximum atomic E-state index is 11.1. The maximum absolute atomic E-state index is 11.1. The van der Waals surface area contributed by atoms with E-state index in [4.69, 9.17) is 11.6 Å². The molecule has 0 unspecified atom stereocenters. The Morgan fingerprint density at radius 2 is 2.20 bits per heavy atom. The Bertz CT molecular complexity index is 431. The number of ether oxygens (including phenoxy) is 1. The summed E-state index contributed by atoms with van der Waals surface area (Å²) in [6, 6.07) is 1.79. The Hall–Kier alpha value is -1.82. The quantitative estimate of drug-likeness (QED) is 0.476. The molecule has 0 aromatic heterocycles. The first-order valence-corrected chi connectivity index (χ1v) is 4.10. The summed E-state index contributed by atoms with van der Waals surface area (Å²) in [6.07, 6.45) is 0. The number of phenols is 1. The minimum absolute atomic E-state index is 0.215. The lowest BCUT2D eigenvalue weighted by atomic mass is 10.2. The summed E-state index contributed by atoms with van der Waals surface area (Å²) < 4.78 is 4.35. The summed E-state index contributed by atoms with van der Waals surface area (Å²) >= 11 is 5.54. The summed E-state index contributed by atoms with van der Waals surface area (Å²) in [5, 5.41) is 19.5. The van der Waals surface area contributed by atoms with Gasteiger partial charge in [-0.25, -0.2) is 4.79 Å². The normalized spacial score (nSPS) is 9.73. The summed E-state index contributed by atoms with van der Waals surface area (Å²) in [6.45, 7) is 0. The van der Waals surface area contributed by atoms with Gasteiger partial charge < -0.3 is 9.84 Å². The molecule has 0 saturated carbocycles. The Morgan fingerprint density at radius 1 is 1.60 bits per heavy atom. The smallest absolute Gasteiger partial charge is 0.341 e. The van der Waals surface area contributed by atoms with E-state index in [2.05, 4.69) is 4.74 Å². The second-order valence-corrected chi connectivity index (χ2v) is 2.98. The zero-order valence-corrected chi connectivity index (χ0v) is 8.32. The van der Waals surface area contributed by atoms with Gasteiger partial charge in [0.15, 0.2) is 0 Å². The molecule has 0 fully saturated rings. The molecule has 1 aromatic carbocycles. The number of nitro benzene ring substituents is 1. The van der Waals surface area contributed by atoms with Crippen molar-refractivity contribution in [3.63, 3.8) is 0 Å². The predicted molar refractivity (Wildman–Crippen MR) is 51.1 cm³/mol. The number of nitrogens with zero attached hydrogens (tertiary/aromatic N) is 1. The van der Waals surface area contributed by atoms with Gasteiger partial charge in [-0.3, -0.25) is 10.1 Å². The molecule has 1 aromatic rings. The van der Waals surface area contributed by atoms with Crippen LogP contribution >= 0.6 is 11.6 Å². The van der Waals surface area contributed by atoms with Crippen LogP contribution in [0.1, 0.15) is 10.4 Å². The van der Waals surface area contributed by atoms with Crippen molar-refractivity contribution in [1.29, 1.82) is 0 Å². The monoisotopic (exact) mass is 231 g/mol. The number of esters is 1. The van der Waals surface area contributed by atoms with E-state index in [1.54, 1.807) is 0 Å². The number of phenolic OH excluding ortho intramolecular Hbond substituents is 1. The molecule has 15 heavy (non-hydrogen) atoms. The third kappa shape index (κ3) is 2.16. The summed E-state index contributed by atoms with van der Waals surface area (Å²) in [7, 11) is 1.12. The van der Waals surface area contributed by atoms with Crippen LogP contribution in [0.3, 0.4) is 0 Å². The van der Waals surface area contributed by atoms with Gasteiger partial charge in [-0.05, 0) is 6.07 Å². The first-order chi connectivity index (χ1) is 6.97. The molecule has 0 aliphatic rings. The Morgan fingerprint density at radius 3 is 2.67 bits per heavy atom. The lowest BCUT2D eigenvalue weighted by molar-refractivity contribution is -0.384. The molecule has 1 rings (SSSR count). The number of carbonyl (C=O) groups is 1. The molecular formula is C8H6ClNO5. The number of aromatic hydroxyl groups is 1. The van der Waals surface area contributed by atoms with Crippen molar-refractivity contribution in [2.45, 2.75) is 0 Å². The van der Waals surface area contributed by atoms with Crippen LogP contribution in [-0.4, -0.2) is 23.1 Å². The number of benzene rings is 1. The minimum Gasteiger partial charge on any atom is -0.507 e. The van der Waals surface area contributed by atoms with E-state index in [1.807, 2.05) is 0 Å². The van der Waals surface area contributed by atoms with Crippen LogP contribution in [0.15, 0.2) is 12.1 Å². The average Bonchev–Trinajstić information content (AvgIpc) is 2.19. The maximum Gasteiger partial charge on any atom is 0.341 e. The van der Waals surface area contributed by atoms with Gasteiger partial charge in [0.05, 0.1) is 18.1 Å². The highest BCUT2D eigenvalue weighted by Crippen LogP contribution is 2.31. The predicted octanol–water partition coefficient (Wildman–Crippen LogP) is 1.74. The average molecular weight is 232 g/mol. The fourth-order valence-corrected chi connectivity index (χ4v) is 1.20. The largest absolute Gasteiger partial charge is 0.507 e. The minimum atomic E-state index is -0.815. The summed E-state index contributed by atoms with van der Waals surface area (Å²) in [4.78, 5) is 20.7. The zero-order chi connectivity index (χ0) is 11.6. The molecule has 0 saturated heterocycles. The van der Waals surface area contributed by atoms with Crippen LogP contribution in [0.5, 0.6) is 5.75 Å². The van der Waals surface area contributed by atoms with Crippen molar-refractivity contribution in [3.8, 4) is 5.75 Å². The molecule has 0 bridgehead atoms. The van der Waals surface area contributed by atoms with E-state index >= 15 is 0 Å². The van der Waals surface area contributed by atoms with E-state index in [0.717, 1.165) is 19.2 Å². The topological polar surface area (TPSA) is 89.7 Å². The highest BCUT2D eigenvalue weighted by atomic mass is 35.5. The van der Waals surface area contributed by atoms with Gasteiger partial charge in [-0.1, -0.05) is 11.6 Å². The van der Waals surface area contributed by atoms with Gasteiger partial charge in [0, 0.05) is 0 Å². The fourth-order valence-electron chi connectivity index (χ4n) is 0.964. The van der Waals surface area contributed by atoms with Crippen LogP contribution in [-0.2, 0) is 4.74 Å². The van der Waals surface area contributed by atoms with Crippen LogP contribution in [0.4, 0.5) is 5.69 Å². The second-order valence-electron chi connectivity index (χ2n) is 2.57. The zero-order valence-electron chi connectivity index (χ0n) is 7.56. The van der Waals surface area contributed by atoms with E-state index in [0.29, 0.717) is 0 Å². The highest BCUT2D eigenvalue weighted by Gasteiger charge is 2.20. The van der Waals surface area contributed by atoms with Crippen LogP contribution in [0.2, 0.25) is 5.02 Å². The van der Waals surface area contributed by atoms with Gasteiger partial charge in [-0.15, -0.1) is 0 Å². The number of nitro groups is 1. The SMILES string of the molecule is COC(=O)c1cc(Cl)c([N+](=O)[O-])cc1O. The van der Waals surface area contributed by atoms with Gasteiger partial charge in [0.25, 0.3) is 5.69 Å². The molecule has 80 valence electrons. The lowest BCUT2D eigenvalue weighted by Crippen LogP contribution is -2.02. The first-order valence-electron chi connectivity index (χ1n) is 3.72. The number of methoxy groups -OCH3 is 1. The molecule has 0 aliphatic carbocycles. The second kappa shape index (κ2) is 4.14. The van der Waals surface area contributed by atoms with E-state index in [-0.39, 0.29) is 10.6 Å². The molecule has 0 heterocycles. The van der Waals surface area contributed by atoms with Crippen LogP contribution in [0, 0.1) is 10.1 Å². The van der Waals surface area contributed by atoms with Crippen LogP contribution in [0.25, 0.3) is 0 Å². The molecule has 0 spiro atoms. The van der Waals surface area contributed by atoms with Crippen molar-refractivity contribution in [2.24, 2.45) is 0 Å². The highest BCUT2D eigenvalue weighted by molar-refractivity contribution is 6.33. The fraction of sp³-hybridized carbons (Fsp3) is 0.125. The van der Waals surface area contributed by atoms with Gasteiger partial charge in [-0.2, -0.15) is 0 Å². The number of rotatable bonds is 2. The van der Waals surface area contributed by atoms with E-state index in [1.165, 1.54) is 0 Å². The molecule has 6 nitrogen and oxygen atoms in total. The number of hydrogen-bond donors (Lipinski definition) is 1. The van der Waals surface area contributed by atoms with E-state index < -0.39 is 22.3 Å². The molecule has 1 N–H and O–H groups in total. The van der Waals surface area contributed by atoms with Gasteiger partial charge in [0.2, 0.25) is 0 Å². The summed E-state index contributed by atoms with van der Waals surface area (Å²) in [5.41, 5.74) is -0.685. The third-order valence-electron chi connectivity index (χ3n) is 1.67. The molecule has 7 heteroatoms. The summed E-state index contributed by atoms with van der Waals surface area (Å²) in [5.74, 6) is -1.36. The van der Waals surface area contributed by atoms with Crippen molar-refractivity contribution >= 4 is 23.3 Å². The van der Waals surface area contributed by atoms with Crippen LogP contribution < -0.4 is 0 Å². The van der Waals surface area contributed by atoms with E-state index in [9.17, 15) is 20.0 Å². The van der Waals surface area contributed by atoms with Crippen molar-refractivity contribution in [1.82, 2.24) is 0 Å². The number of carbonyl (C=O) groups excluding carboxylic acids is 1. The molecule has 0 aliphatic heterocycles. The Kier molecular flexibility index (Phi) is 3.11. The third-order valence-corrected chi connectivity index (χ3v) is 1.97. The molecule has 0 amide bonds. The molecule has 0 radical (unpaired) electrons. The van der Waals surface area contributed by atoms with Gasteiger partial charge in [0.1, 0.15) is 16.3 Å². The van der Waals surface area contributed by atoms with Gasteiger partial charge >= 0.3 is 5.97 Å².